The molecule has 1 heterocycles. The summed E-state index contributed by atoms with van der Waals surface area (Å²) in [5.41, 5.74) is 2.33. The van der Waals surface area contributed by atoms with Crippen LogP contribution in [0.3, 0.4) is 0 Å². The largest absolute Gasteiger partial charge is 0.497 e. The molecule has 0 aliphatic carbocycles. The van der Waals surface area contributed by atoms with Crippen LogP contribution in [0.4, 0.5) is 0 Å². The molecular formula is C14H16BrNO. The summed E-state index contributed by atoms with van der Waals surface area (Å²) in [6, 6.07) is 5.99. The minimum atomic E-state index is 0.0619. The Bertz CT molecular complexity index is 558. The lowest BCUT2D eigenvalue weighted by Crippen LogP contribution is -2.13. The van der Waals surface area contributed by atoms with Crippen LogP contribution >= 0.6 is 15.9 Å². The van der Waals surface area contributed by atoms with Crippen LogP contribution in [0, 0.1) is 0 Å². The predicted molar refractivity (Wildman–Crippen MR) is 74.7 cm³/mol. The van der Waals surface area contributed by atoms with Crippen LogP contribution in [-0.2, 0) is 5.41 Å². The van der Waals surface area contributed by atoms with Gasteiger partial charge in [0.05, 0.1) is 12.6 Å². The molecule has 1 aromatic heterocycles. The number of benzene rings is 1. The van der Waals surface area contributed by atoms with Crippen molar-refractivity contribution in [2.24, 2.45) is 0 Å². The van der Waals surface area contributed by atoms with E-state index in [0.717, 1.165) is 21.1 Å². The third-order valence-corrected chi connectivity index (χ3v) is 3.38. The summed E-state index contributed by atoms with van der Waals surface area (Å²) in [6.07, 6.45) is 1.87. The molecule has 17 heavy (non-hydrogen) atoms. The fourth-order valence-electron chi connectivity index (χ4n) is 2.04. The first kappa shape index (κ1) is 12.4. The molecule has 0 aliphatic rings. The van der Waals surface area contributed by atoms with Gasteiger partial charge >= 0.3 is 0 Å². The summed E-state index contributed by atoms with van der Waals surface area (Å²) in [4.78, 5) is 4.43. The zero-order valence-corrected chi connectivity index (χ0v) is 12.1. The van der Waals surface area contributed by atoms with Crippen LogP contribution in [-0.4, -0.2) is 12.1 Å². The maximum absolute atomic E-state index is 5.29. The van der Waals surface area contributed by atoms with Crippen LogP contribution in [0.2, 0.25) is 0 Å². The maximum Gasteiger partial charge on any atom is 0.119 e. The summed E-state index contributed by atoms with van der Waals surface area (Å²) in [6.45, 7) is 6.60. The lowest BCUT2D eigenvalue weighted by atomic mass is 9.85. The molecule has 0 spiro atoms. The van der Waals surface area contributed by atoms with E-state index in [1.807, 2.05) is 24.4 Å². The van der Waals surface area contributed by atoms with E-state index in [1.54, 1.807) is 7.11 Å². The molecule has 0 saturated carbocycles. The van der Waals surface area contributed by atoms with Crippen molar-refractivity contribution in [1.82, 2.24) is 4.98 Å². The van der Waals surface area contributed by atoms with E-state index < -0.39 is 0 Å². The molecule has 0 aliphatic heterocycles. The quantitative estimate of drug-likeness (QED) is 0.782. The van der Waals surface area contributed by atoms with Gasteiger partial charge in [0.2, 0.25) is 0 Å². The standard InChI is InChI=1S/C14H16BrNO/c1-14(2,3)13-10-7-9(17-4)5-6-12(10)16-8-11(13)15/h5-8H,1-4H3. The number of hydrogen-bond acceptors (Lipinski definition) is 2. The van der Waals surface area contributed by atoms with E-state index in [1.165, 1.54) is 5.56 Å². The smallest absolute Gasteiger partial charge is 0.119 e. The van der Waals surface area contributed by atoms with Gasteiger partial charge in [-0.15, -0.1) is 0 Å². The van der Waals surface area contributed by atoms with Crippen LogP contribution in [0.1, 0.15) is 26.3 Å². The Hall–Kier alpha value is -1.09. The second-order valence-corrected chi connectivity index (χ2v) is 5.97. The van der Waals surface area contributed by atoms with Crippen molar-refractivity contribution in [2.75, 3.05) is 7.11 Å². The molecule has 0 atom stereocenters. The lowest BCUT2D eigenvalue weighted by molar-refractivity contribution is 0.415. The van der Waals surface area contributed by atoms with Crippen molar-refractivity contribution in [3.8, 4) is 5.75 Å². The van der Waals surface area contributed by atoms with Gasteiger partial charge in [0, 0.05) is 16.1 Å². The molecule has 0 amide bonds. The molecule has 0 N–H and O–H groups in total. The molecule has 3 heteroatoms. The highest BCUT2D eigenvalue weighted by Gasteiger charge is 2.20. The molecular weight excluding hydrogens is 278 g/mol. The zero-order valence-electron chi connectivity index (χ0n) is 10.5. The average molecular weight is 294 g/mol. The number of nitrogens with zero attached hydrogens (tertiary/aromatic N) is 1. The summed E-state index contributed by atoms with van der Waals surface area (Å²) in [7, 11) is 1.68. The summed E-state index contributed by atoms with van der Waals surface area (Å²) in [5.74, 6) is 0.864. The third kappa shape index (κ3) is 2.29. The summed E-state index contributed by atoms with van der Waals surface area (Å²) in [5, 5.41) is 1.14. The molecule has 1 aromatic carbocycles. The molecule has 0 fully saturated rings. The number of pyridine rings is 1. The highest BCUT2D eigenvalue weighted by molar-refractivity contribution is 9.10. The highest BCUT2D eigenvalue weighted by Crippen LogP contribution is 2.36. The number of halogens is 1. The van der Waals surface area contributed by atoms with Crippen LogP contribution in [0.15, 0.2) is 28.9 Å². The van der Waals surface area contributed by atoms with Gasteiger partial charge in [-0.05, 0) is 45.1 Å². The Morgan fingerprint density at radius 1 is 1.24 bits per heavy atom. The molecule has 0 radical (unpaired) electrons. The van der Waals surface area contributed by atoms with Gasteiger partial charge in [-0.1, -0.05) is 20.8 Å². The normalized spacial score (nSPS) is 11.8. The van der Waals surface area contributed by atoms with E-state index in [-0.39, 0.29) is 5.41 Å². The Kier molecular flexibility index (Phi) is 3.13. The highest BCUT2D eigenvalue weighted by atomic mass is 79.9. The third-order valence-electron chi connectivity index (χ3n) is 2.78. The first-order chi connectivity index (χ1) is 7.93. The van der Waals surface area contributed by atoms with E-state index in [9.17, 15) is 0 Å². The molecule has 0 saturated heterocycles. The number of aromatic nitrogens is 1. The topological polar surface area (TPSA) is 22.1 Å². The van der Waals surface area contributed by atoms with Gasteiger partial charge < -0.3 is 4.74 Å². The molecule has 90 valence electrons. The van der Waals surface area contributed by atoms with Crippen molar-refractivity contribution < 1.29 is 4.74 Å². The van der Waals surface area contributed by atoms with E-state index in [4.69, 9.17) is 4.74 Å². The van der Waals surface area contributed by atoms with Gasteiger partial charge in [0.15, 0.2) is 0 Å². The second kappa shape index (κ2) is 4.30. The van der Waals surface area contributed by atoms with E-state index in [0.29, 0.717) is 0 Å². The number of rotatable bonds is 1. The average Bonchev–Trinajstić information content (AvgIpc) is 2.26. The maximum atomic E-state index is 5.29. The van der Waals surface area contributed by atoms with Crippen molar-refractivity contribution in [2.45, 2.75) is 26.2 Å². The fourth-order valence-corrected chi connectivity index (χ4v) is 2.95. The monoisotopic (exact) mass is 293 g/mol. The number of fused-ring (bicyclic) bond motifs is 1. The lowest BCUT2D eigenvalue weighted by Gasteiger charge is -2.23. The van der Waals surface area contributed by atoms with Crippen LogP contribution in [0.5, 0.6) is 5.75 Å². The predicted octanol–water partition coefficient (Wildman–Crippen LogP) is 4.30. The van der Waals surface area contributed by atoms with Gasteiger partial charge in [0.1, 0.15) is 5.75 Å². The number of ether oxygens (including phenoxy) is 1. The molecule has 0 unspecified atom stereocenters. The zero-order chi connectivity index (χ0) is 12.6. The Morgan fingerprint density at radius 3 is 2.53 bits per heavy atom. The van der Waals surface area contributed by atoms with Crippen molar-refractivity contribution >= 4 is 26.8 Å². The summed E-state index contributed by atoms with van der Waals surface area (Å²) >= 11 is 3.60. The summed E-state index contributed by atoms with van der Waals surface area (Å²) < 4.78 is 6.33. The fraction of sp³-hybridized carbons (Fsp3) is 0.357. The van der Waals surface area contributed by atoms with Gasteiger partial charge in [0.25, 0.3) is 0 Å². The Morgan fingerprint density at radius 2 is 1.94 bits per heavy atom. The van der Waals surface area contributed by atoms with E-state index >= 15 is 0 Å². The SMILES string of the molecule is COc1ccc2ncc(Br)c(C(C)(C)C)c2c1. The van der Waals surface area contributed by atoms with Crippen molar-refractivity contribution in [1.29, 1.82) is 0 Å². The molecule has 0 bridgehead atoms. The minimum Gasteiger partial charge on any atom is -0.497 e. The Labute approximate surface area is 110 Å². The number of methoxy groups -OCH3 is 1. The van der Waals surface area contributed by atoms with Gasteiger partial charge in [-0.3, -0.25) is 4.98 Å². The van der Waals surface area contributed by atoms with Crippen molar-refractivity contribution in [3.05, 3.63) is 34.4 Å². The number of hydrogen-bond donors (Lipinski definition) is 0. The molecule has 2 nitrogen and oxygen atoms in total. The second-order valence-electron chi connectivity index (χ2n) is 5.11. The van der Waals surface area contributed by atoms with Gasteiger partial charge in [-0.2, -0.15) is 0 Å². The van der Waals surface area contributed by atoms with E-state index in [2.05, 4.69) is 41.7 Å². The minimum absolute atomic E-state index is 0.0619. The molecule has 2 rings (SSSR count). The van der Waals surface area contributed by atoms with Crippen LogP contribution < -0.4 is 4.74 Å². The van der Waals surface area contributed by atoms with Gasteiger partial charge in [-0.25, -0.2) is 0 Å². The van der Waals surface area contributed by atoms with Crippen molar-refractivity contribution in [3.63, 3.8) is 0 Å². The first-order valence-electron chi connectivity index (χ1n) is 5.56. The van der Waals surface area contributed by atoms with Crippen LogP contribution in [0.25, 0.3) is 10.9 Å². The molecule has 2 aromatic rings. The first-order valence-corrected chi connectivity index (χ1v) is 6.35. The Balaban J connectivity index is 2.83.